The third kappa shape index (κ3) is 1.75. The standard InChI is InChI=1S/C7H10N2OS/c1-7(5-11-7)10-4-6-8-2-3-9-6/h2-3H,4-5H2,1H3,(H,8,9)/t7-/m0/s1. The van der Waals surface area contributed by atoms with Gasteiger partial charge in [-0.1, -0.05) is 0 Å². The molecule has 0 bridgehead atoms. The Morgan fingerprint density at radius 2 is 2.73 bits per heavy atom. The van der Waals surface area contributed by atoms with Gasteiger partial charge >= 0.3 is 0 Å². The van der Waals surface area contributed by atoms with Crippen LogP contribution >= 0.6 is 11.8 Å². The molecule has 1 atom stereocenters. The van der Waals surface area contributed by atoms with Crippen LogP contribution in [0.1, 0.15) is 12.7 Å². The number of aromatic nitrogens is 2. The van der Waals surface area contributed by atoms with Crippen LogP contribution in [0, 0.1) is 0 Å². The Bertz CT molecular complexity index is 231. The van der Waals surface area contributed by atoms with Crippen molar-refractivity contribution < 1.29 is 4.74 Å². The van der Waals surface area contributed by atoms with Gasteiger partial charge in [-0.3, -0.25) is 0 Å². The minimum Gasteiger partial charge on any atom is -0.356 e. The summed E-state index contributed by atoms with van der Waals surface area (Å²) in [4.78, 5) is 7.13. The fourth-order valence-electron chi connectivity index (χ4n) is 0.783. The van der Waals surface area contributed by atoms with Gasteiger partial charge in [0.05, 0.1) is 0 Å². The molecule has 0 radical (unpaired) electrons. The lowest BCUT2D eigenvalue weighted by molar-refractivity contribution is 0.0587. The minimum atomic E-state index is 0.0762. The number of hydrogen-bond donors (Lipinski definition) is 1. The molecule has 1 fully saturated rings. The van der Waals surface area contributed by atoms with Gasteiger partial charge < -0.3 is 9.72 Å². The first-order valence-corrected chi connectivity index (χ1v) is 4.53. The van der Waals surface area contributed by atoms with Gasteiger partial charge in [0, 0.05) is 18.1 Å². The molecule has 1 saturated heterocycles. The Labute approximate surface area is 69.6 Å². The predicted octanol–water partition coefficient (Wildman–Crippen LogP) is 1.39. The third-order valence-electron chi connectivity index (χ3n) is 1.62. The Hall–Kier alpha value is -0.480. The summed E-state index contributed by atoms with van der Waals surface area (Å²) in [6, 6.07) is 0. The van der Waals surface area contributed by atoms with Crippen LogP contribution in [0.5, 0.6) is 0 Å². The predicted molar refractivity (Wildman–Crippen MR) is 44.2 cm³/mol. The van der Waals surface area contributed by atoms with E-state index in [0.29, 0.717) is 6.61 Å². The van der Waals surface area contributed by atoms with Crippen molar-refractivity contribution in [1.29, 1.82) is 0 Å². The van der Waals surface area contributed by atoms with E-state index < -0.39 is 0 Å². The molecule has 1 aliphatic heterocycles. The summed E-state index contributed by atoms with van der Waals surface area (Å²) >= 11 is 1.83. The number of nitrogens with one attached hydrogen (secondary N) is 1. The van der Waals surface area contributed by atoms with E-state index in [1.165, 1.54) is 0 Å². The van der Waals surface area contributed by atoms with Crippen LogP contribution in [0.2, 0.25) is 0 Å². The molecule has 0 aromatic carbocycles. The van der Waals surface area contributed by atoms with Crippen LogP contribution in [0.25, 0.3) is 0 Å². The van der Waals surface area contributed by atoms with E-state index in [2.05, 4.69) is 16.9 Å². The molecule has 0 aliphatic carbocycles. The highest BCUT2D eigenvalue weighted by Gasteiger charge is 2.39. The van der Waals surface area contributed by atoms with E-state index in [0.717, 1.165) is 11.6 Å². The van der Waals surface area contributed by atoms with Gasteiger partial charge in [0.25, 0.3) is 0 Å². The molecule has 1 aromatic rings. The van der Waals surface area contributed by atoms with Crippen LogP contribution in [0.15, 0.2) is 12.4 Å². The van der Waals surface area contributed by atoms with E-state index in [1.807, 2.05) is 11.8 Å². The van der Waals surface area contributed by atoms with Crippen molar-refractivity contribution in [2.45, 2.75) is 18.5 Å². The van der Waals surface area contributed by atoms with Crippen LogP contribution in [0.4, 0.5) is 0 Å². The maximum absolute atomic E-state index is 5.55. The van der Waals surface area contributed by atoms with E-state index in [9.17, 15) is 0 Å². The molecule has 1 aromatic heterocycles. The maximum atomic E-state index is 5.55. The zero-order chi connectivity index (χ0) is 7.73. The SMILES string of the molecule is C[C@@]1(OCc2ncc[nH]2)CS1. The van der Waals surface area contributed by atoms with Crippen LogP contribution in [0.3, 0.4) is 0 Å². The van der Waals surface area contributed by atoms with Crippen molar-refractivity contribution in [2.24, 2.45) is 0 Å². The largest absolute Gasteiger partial charge is 0.356 e. The molecular formula is C7H10N2OS. The minimum absolute atomic E-state index is 0.0762. The van der Waals surface area contributed by atoms with Crippen molar-refractivity contribution in [1.82, 2.24) is 9.97 Å². The molecule has 4 heteroatoms. The highest BCUT2D eigenvalue weighted by Crippen LogP contribution is 2.45. The molecule has 0 spiro atoms. The highest BCUT2D eigenvalue weighted by atomic mass is 32.2. The van der Waals surface area contributed by atoms with Gasteiger partial charge in [-0.25, -0.2) is 4.98 Å². The summed E-state index contributed by atoms with van der Waals surface area (Å²) in [5, 5.41) is 0. The number of imidazole rings is 1. The second-order valence-corrected chi connectivity index (χ2v) is 4.19. The zero-order valence-corrected chi connectivity index (χ0v) is 7.15. The number of thioether (sulfide) groups is 1. The summed E-state index contributed by atoms with van der Waals surface area (Å²) in [6.07, 6.45) is 3.54. The summed E-state index contributed by atoms with van der Waals surface area (Å²) in [5.41, 5.74) is 0. The fraction of sp³-hybridized carbons (Fsp3) is 0.571. The van der Waals surface area contributed by atoms with Gasteiger partial charge in [-0.15, -0.1) is 11.8 Å². The lowest BCUT2D eigenvalue weighted by Gasteiger charge is -2.05. The van der Waals surface area contributed by atoms with Crippen molar-refractivity contribution in [2.75, 3.05) is 5.75 Å². The van der Waals surface area contributed by atoms with Crippen LogP contribution in [-0.2, 0) is 11.3 Å². The van der Waals surface area contributed by atoms with Crippen LogP contribution in [-0.4, -0.2) is 20.7 Å². The van der Waals surface area contributed by atoms with E-state index >= 15 is 0 Å². The topological polar surface area (TPSA) is 37.9 Å². The molecule has 0 unspecified atom stereocenters. The van der Waals surface area contributed by atoms with Gasteiger partial charge in [0.2, 0.25) is 0 Å². The van der Waals surface area contributed by atoms with E-state index in [1.54, 1.807) is 12.4 Å². The van der Waals surface area contributed by atoms with Gasteiger partial charge in [0.15, 0.2) is 0 Å². The second kappa shape index (κ2) is 2.53. The lowest BCUT2D eigenvalue weighted by Crippen LogP contribution is -2.08. The molecule has 11 heavy (non-hydrogen) atoms. The number of ether oxygens (including phenoxy) is 1. The summed E-state index contributed by atoms with van der Waals surface area (Å²) in [5.74, 6) is 2.01. The average molecular weight is 170 g/mol. The van der Waals surface area contributed by atoms with Gasteiger partial charge in [-0.2, -0.15) is 0 Å². The van der Waals surface area contributed by atoms with Crippen LogP contribution < -0.4 is 0 Å². The molecule has 60 valence electrons. The summed E-state index contributed by atoms with van der Waals surface area (Å²) < 4.78 is 5.55. The normalized spacial score (nSPS) is 28.8. The molecule has 3 nitrogen and oxygen atoms in total. The third-order valence-corrected chi connectivity index (χ3v) is 2.84. The molecule has 2 heterocycles. The molecular weight excluding hydrogens is 160 g/mol. The zero-order valence-electron chi connectivity index (χ0n) is 6.33. The molecule has 1 aliphatic rings. The van der Waals surface area contributed by atoms with Crippen molar-refractivity contribution in [3.63, 3.8) is 0 Å². The number of rotatable bonds is 3. The summed E-state index contributed by atoms with van der Waals surface area (Å²) in [7, 11) is 0. The average Bonchev–Trinajstić information content (AvgIpc) is 2.53. The number of aromatic amines is 1. The second-order valence-electron chi connectivity index (χ2n) is 2.75. The lowest BCUT2D eigenvalue weighted by atomic mass is 10.5. The van der Waals surface area contributed by atoms with Crippen molar-refractivity contribution in [3.8, 4) is 0 Å². The Kier molecular flexibility index (Phi) is 1.65. The molecule has 1 N–H and O–H groups in total. The maximum Gasteiger partial charge on any atom is 0.132 e. The van der Waals surface area contributed by atoms with Gasteiger partial charge in [-0.05, 0) is 6.92 Å². The Morgan fingerprint density at radius 1 is 1.91 bits per heavy atom. The number of H-pyrrole nitrogens is 1. The van der Waals surface area contributed by atoms with Crippen molar-refractivity contribution in [3.05, 3.63) is 18.2 Å². The van der Waals surface area contributed by atoms with E-state index in [-0.39, 0.29) is 4.93 Å². The first kappa shape index (κ1) is 7.18. The fourth-order valence-corrected chi connectivity index (χ4v) is 1.21. The first-order valence-electron chi connectivity index (χ1n) is 3.55. The quantitative estimate of drug-likeness (QED) is 0.696. The molecule has 2 rings (SSSR count). The summed E-state index contributed by atoms with van der Waals surface area (Å²) in [6.45, 7) is 2.69. The number of hydrogen-bond acceptors (Lipinski definition) is 3. The van der Waals surface area contributed by atoms with Gasteiger partial charge in [0.1, 0.15) is 17.4 Å². The monoisotopic (exact) mass is 170 g/mol. The Balaban J connectivity index is 1.83. The molecule has 0 amide bonds. The Morgan fingerprint density at radius 3 is 3.27 bits per heavy atom. The first-order chi connectivity index (χ1) is 5.29. The number of nitrogens with zero attached hydrogens (tertiary/aromatic N) is 1. The smallest absolute Gasteiger partial charge is 0.132 e. The molecule has 0 saturated carbocycles. The van der Waals surface area contributed by atoms with E-state index in [4.69, 9.17) is 4.74 Å². The highest BCUT2D eigenvalue weighted by molar-refractivity contribution is 8.07. The van der Waals surface area contributed by atoms with Crippen molar-refractivity contribution >= 4 is 11.8 Å².